The van der Waals surface area contributed by atoms with E-state index in [1.54, 1.807) is 45.9 Å². The van der Waals surface area contributed by atoms with Crippen LogP contribution in [0, 0.1) is 27.7 Å². The smallest absolute Gasteiger partial charge is 0.264 e. The molecule has 0 aliphatic carbocycles. The molecular formula is C14H18N4O2S. The van der Waals surface area contributed by atoms with Gasteiger partial charge in [-0.25, -0.2) is 23.1 Å². The lowest BCUT2D eigenvalue weighted by Gasteiger charge is -2.14. The van der Waals surface area contributed by atoms with Gasteiger partial charge < -0.3 is 5.73 Å². The van der Waals surface area contributed by atoms with Gasteiger partial charge in [0.25, 0.3) is 10.0 Å². The Kier molecular flexibility index (Phi) is 3.87. The summed E-state index contributed by atoms with van der Waals surface area (Å²) in [6.45, 7) is 6.97. The summed E-state index contributed by atoms with van der Waals surface area (Å²) in [5.74, 6) is 0.0636. The zero-order chi connectivity index (χ0) is 15.8. The van der Waals surface area contributed by atoms with E-state index in [1.165, 1.54) is 0 Å². The second-order valence-electron chi connectivity index (χ2n) is 5.01. The molecule has 1 heterocycles. The molecule has 2 rings (SSSR count). The van der Waals surface area contributed by atoms with E-state index in [0.717, 1.165) is 0 Å². The lowest BCUT2D eigenvalue weighted by atomic mass is 10.1. The van der Waals surface area contributed by atoms with Crippen molar-refractivity contribution >= 4 is 21.7 Å². The third-order valence-electron chi connectivity index (χ3n) is 3.12. The van der Waals surface area contributed by atoms with Gasteiger partial charge in [-0.15, -0.1) is 0 Å². The number of aryl methyl sites for hydroxylation is 3. The average molecular weight is 306 g/mol. The van der Waals surface area contributed by atoms with E-state index in [-0.39, 0.29) is 10.8 Å². The van der Waals surface area contributed by atoms with Crippen LogP contribution in [0.2, 0.25) is 0 Å². The zero-order valence-corrected chi connectivity index (χ0v) is 13.2. The van der Waals surface area contributed by atoms with Crippen LogP contribution in [0.25, 0.3) is 0 Å². The molecule has 1 aromatic carbocycles. The summed E-state index contributed by atoms with van der Waals surface area (Å²) < 4.78 is 27.6. The fourth-order valence-electron chi connectivity index (χ4n) is 2.20. The minimum atomic E-state index is -3.79. The third-order valence-corrected chi connectivity index (χ3v) is 4.74. The average Bonchev–Trinajstić information content (AvgIpc) is 2.32. The molecule has 3 N–H and O–H groups in total. The first-order valence-electron chi connectivity index (χ1n) is 6.41. The summed E-state index contributed by atoms with van der Waals surface area (Å²) in [5.41, 5.74) is 8.77. The van der Waals surface area contributed by atoms with E-state index < -0.39 is 10.0 Å². The van der Waals surface area contributed by atoms with Crippen LogP contribution in [0.5, 0.6) is 0 Å². The highest BCUT2D eigenvalue weighted by molar-refractivity contribution is 7.92. The van der Waals surface area contributed by atoms with Gasteiger partial charge in [-0.3, -0.25) is 0 Å². The number of sulfonamides is 1. The minimum absolute atomic E-state index is 0.0636. The summed E-state index contributed by atoms with van der Waals surface area (Å²) in [6, 6.07) is 5.14. The van der Waals surface area contributed by atoms with Crippen molar-refractivity contribution in [2.75, 3.05) is 10.5 Å². The maximum absolute atomic E-state index is 12.6. The van der Waals surface area contributed by atoms with Gasteiger partial charge in [-0.1, -0.05) is 6.07 Å². The van der Waals surface area contributed by atoms with Crippen LogP contribution in [0.3, 0.4) is 0 Å². The molecule has 0 aliphatic heterocycles. The van der Waals surface area contributed by atoms with Gasteiger partial charge in [0, 0.05) is 17.1 Å². The number of nitrogens with zero attached hydrogens (tertiary/aromatic N) is 2. The number of benzene rings is 1. The van der Waals surface area contributed by atoms with Crippen LogP contribution < -0.4 is 10.5 Å². The van der Waals surface area contributed by atoms with Crippen LogP contribution in [-0.4, -0.2) is 18.4 Å². The molecule has 0 amide bonds. The summed E-state index contributed by atoms with van der Waals surface area (Å²) in [6.07, 6.45) is 0. The van der Waals surface area contributed by atoms with Crippen molar-refractivity contribution in [2.45, 2.75) is 32.6 Å². The van der Waals surface area contributed by atoms with Gasteiger partial charge in [0.15, 0.2) is 0 Å². The van der Waals surface area contributed by atoms with Gasteiger partial charge in [0.2, 0.25) is 5.95 Å². The molecule has 112 valence electrons. The van der Waals surface area contributed by atoms with Crippen molar-refractivity contribution in [2.24, 2.45) is 0 Å². The lowest BCUT2D eigenvalue weighted by molar-refractivity contribution is 0.599. The molecule has 0 radical (unpaired) electrons. The van der Waals surface area contributed by atoms with E-state index in [0.29, 0.717) is 28.2 Å². The molecule has 0 unspecified atom stereocenters. The molecule has 0 atom stereocenters. The Morgan fingerprint density at radius 3 is 2.19 bits per heavy atom. The van der Waals surface area contributed by atoms with Crippen molar-refractivity contribution < 1.29 is 8.42 Å². The van der Waals surface area contributed by atoms with Crippen molar-refractivity contribution in [1.29, 1.82) is 0 Å². The van der Waals surface area contributed by atoms with Crippen LogP contribution in [0.4, 0.5) is 11.6 Å². The van der Waals surface area contributed by atoms with Gasteiger partial charge in [0.1, 0.15) is 0 Å². The predicted octanol–water partition coefficient (Wildman–Crippen LogP) is 2.09. The highest BCUT2D eigenvalue weighted by Crippen LogP contribution is 2.26. The van der Waals surface area contributed by atoms with Crippen LogP contribution in [0.15, 0.2) is 23.1 Å². The quantitative estimate of drug-likeness (QED) is 0.846. The molecule has 6 nitrogen and oxygen atoms in total. The number of anilines is 2. The van der Waals surface area contributed by atoms with Gasteiger partial charge in [-0.05, 0) is 51.0 Å². The standard InChI is InChI=1S/C14H18N4O2S/c1-8-5-6-12(15)11(4)13(8)21(19,20)18-14-16-9(2)7-10(3)17-14/h5-7H,15H2,1-4H3,(H,16,17,18). The molecule has 0 saturated heterocycles. The SMILES string of the molecule is Cc1cc(C)nc(NS(=O)(=O)c2c(C)ccc(N)c2C)n1. The molecule has 21 heavy (non-hydrogen) atoms. The Morgan fingerprint density at radius 1 is 1.05 bits per heavy atom. The zero-order valence-electron chi connectivity index (χ0n) is 12.4. The number of hydrogen-bond acceptors (Lipinski definition) is 5. The second kappa shape index (κ2) is 5.33. The van der Waals surface area contributed by atoms with E-state index in [1.807, 2.05) is 0 Å². The highest BCUT2D eigenvalue weighted by Gasteiger charge is 2.22. The van der Waals surface area contributed by atoms with Crippen LogP contribution in [0.1, 0.15) is 22.5 Å². The summed E-state index contributed by atoms with van der Waals surface area (Å²) in [7, 11) is -3.79. The maximum atomic E-state index is 12.6. The van der Waals surface area contributed by atoms with E-state index in [2.05, 4.69) is 14.7 Å². The minimum Gasteiger partial charge on any atom is -0.398 e. The first-order chi connectivity index (χ1) is 9.70. The van der Waals surface area contributed by atoms with Crippen LogP contribution in [-0.2, 0) is 10.0 Å². The molecule has 0 fully saturated rings. The topological polar surface area (TPSA) is 98.0 Å². The first kappa shape index (κ1) is 15.2. The maximum Gasteiger partial charge on any atom is 0.264 e. The Bertz CT molecular complexity index is 781. The number of hydrogen-bond donors (Lipinski definition) is 2. The fourth-order valence-corrected chi connectivity index (χ4v) is 3.65. The normalized spacial score (nSPS) is 11.4. The van der Waals surface area contributed by atoms with E-state index >= 15 is 0 Å². The van der Waals surface area contributed by atoms with Crippen molar-refractivity contribution in [3.05, 3.63) is 40.7 Å². The third kappa shape index (κ3) is 3.13. The summed E-state index contributed by atoms with van der Waals surface area (Å²) >= 11 is 0. The molecule has 0 saturated carbocycles. The largest absolute Gasteiger partial charge is 0.398 e. The molecular weight excluding hydrogens is 288 g/mol. The summed E-state index contributed by atoms with van der Waals surface area (Å²) in [5, 5.41) is 0. The molecule has 0 aliphatic rings. The number of nitrogens with one attached hydrogen (secondary N) is 1. The monoisotopic (exact) mass is 306 g/mol. The van der Waals surface area contributed by atoms with Crippen LogP contribution >= 0.6 is 0 Å². The van der Waals surface area contributed by atoms with Gasteiger partial charge in [-0.2, -0.15) is 0 Å². The number of rotatable bonds is 3. The Balaban J connectivity index is 2.51. The van der Waals surface area contributed by atoms with Crippen molar-refractivity contribution in [1.82, 2.24) is 9.97 Å². The van der Waals surface area contributed by atoms with E-state index in [9.17, 15) is 8.42 Å². The Hall–Kier alpha value is -2.15. The highest BCUT2D eigenvalue weighted by atomic mass is 32.2. The molecule has 7 heteroatoms. The predicted molar refractivity (Wildman–Crippen MR) is 82.6 cm³/mol. The van der Waals surface area contributed by atoms with Crippen molar-refractivity contribution in [3.63, 3.8) is 0 Å². The number of nitrogen functional groups attached to an aromatic ring is 1. The Labute approximate surface area is 124 Å². The van der Waals surface area contributed by atoms with Gasteiger partial charge >= 0.3 is 0 Å². The Morgan fingerprint density at radius 2 is 1.62 bits per heavy atom. The van der Waals surface area contributed by atoms with Crippen molar-refractivity contribution in [3.8, 4) is 0 Å². The lowest BCUT2D eigenvalue weighted by Crippen LogP contribution is -2.18. The van der Waals surface area contributed by atoms with E-state index in [4.69, 9.17) is 5.73 Å². The second-order valence-corrected chi connectivity index (χ2v) is 6.62. The summed E-state index contributed by atoms with van der Waals surface area (Å²) in [4.78, 5) is 8.36. The number of nitrogens with two attached hydrogens (primary N) is 1. The number of aromatic nitrogens is 2. The molecule has 1 aromatic heterocycles. The molecule has 0 spiro atoms. The first-order valence-corrected chi connectivity index (χ1v) is 7.90. The van der Waals surface area contributed by atoms with Gasteiger partial charge in [0.05, 0.1) is 4.90 Å². The molecule has 0 bridgehead atoms. The molecule has 2 aromatic rings. The fraction of sp³-hybridized carbons (Fsp3) is 0.286.